The van der Waals surface area contributed by atoms with Gasteiger partial charge in [0, 0.05) is 12.1 Å². The van der Waals surface area contributed by atoms with Gasteiger partial charge in [0.05, 0.1) is 11.4 Å². The molecule has 0 unspecified atom stereocenters. The van der Waals surface area contributed by atoms with Crippen molar-refractivity contribution in [1.29, 1.82) is 0 Å². The van der Waals surface area contributed by atoms with E-state index in [-0.39, 0.29) is 5.91 Å². The molecule has 0 atom stereocenters. The second kappa shape index (κ2) is 5.97. The van der Waals surface area contributed by atoms with Gasteiger partial charge in [-0.3, -0.25) is 4.79 Å². The molecule has 6 heteroatoms. The molecular formula is C13H16N2O3S. The number of carbonyl (C=O) groups excluding carboxylic acids is 1. The topological polar surface area (TPSA) is 68.3 Å². The van der Waals surface area contributed by atoms with Crippen molar-refractivity contribution in [2.75, 3.05) is 6.26 Å². The molecular weight excluding hydrogens is 264 g/mol. The summed E-state index contributed by atoms with van der Waals surface area (Å²) in [6.45, 7) is 4.06. The van der Waals surface area contributed by atoms with Gasteiger partial charge in [-0.25, -0.2) is 0 Å². The zero-order chi connectivity index (χ0) is 13.8. The summed E-state index contributed by atoms with van der Waals surface area (Å²) >= 11 is 1.65. The molecule has 1 amide bonds. The minimum atomic E-state index is -0.229. The Kier molecular flexibility index (Phi) is 4.31. The van der Waals surface area contributed by atoms with Crippen LogP contribution in [0.1, 0.15) is 33.3 Å². The van der Waals surface area contributed by atoms with E-state index in [1.807, 2.05) is 26.2 Å². The van der Waals surface area contributed by atoms with Crippen molar-refractivity contribution in [1.82, 2.24) is 10.5 Å². The van der Waals surface area contributed by atoms with Crippen molar-refractivity contribution in [2.24, 2.45) is 0 Å². The van der Waals surface area contributed by atoms with Gasteiger partial charge in [-0.2, -0.15) is 11.8 Å². The molecule has 5 nitrogen and oxygen atoms in total. The monoisotopic (exact) mass is 280 g/mol. The SMILES string of the molecule is CSCc1ccc(C(=O)NCc2c(C)noc2C)o1. The second-order valence-electron chi connectivity index (χ2n) is 4.18. The molecule has 102 valence electrons. The van der Waals surface area contributed by atoms with Crippen molar-refractivity contribution in [2.45, 2.75) is 26.1 Å². The molecule has 2 heterocycles. The minimum absolute atomic E-state index is 0.229. The first-order valence-corrected chi connectivity index (χ1v) is 7.28. The van der Waals surface area contributed by atoms with E-state index in [9.17, 15) is 4.79 Å². The third-order valence-electron chi connectivity index (χ3n) is 2.78. The fourth-order valence-corrected chi connectivity index (χ4v) is 2.17. The van der Waals surface area contributed by atoms with Crippen LogP contribution in [0.4, 0.5) is 0 Å². The van der Waals surface area contributed by atoms with Gasteiger partial charge in [0.1, 0.15) is 11.5 Å². The Bertz CT molecular complexity index is 555. The van der Waals surface area contributed by atoms with Gasteiger partial charge in [-0.1, -0.05) is 5.16 Å². The Balaban J connectivity index is 1.97. The molecule has 0 aliphatic rings. The highest BCUT2D eigenvalue weighted by Crippen LogP contribution is 2.15. The number of aromatic nitrogens is 1. The van der Waals surface area contributed by atoms with E-state index in [2.05, 4.69) is 10.5 Å². The summed E-state index contributed by atoms with van der Waals surface area (Å²) in [6, 6.07) is 3.51. The van der Waals surface area contributed by atoms with E-state index in [4.69, 9.17) is 8.94 Å². The van der Waals surface area contributed by atoms with Crippen molar-refractivity contribution in [3.63, 3.8) is 0 Å². The molecule has 1 N–H and O–H groups in total. The summed E-state index contributed by atoms with van der Waals surface area (Å²) in [5, 5.41) is 6.64. The van der Waals surface area contributed by atoms with Crippen LogP contribution >= 0.6 is 11.8 Å². The van der Waals surface area contributed by atoms with Crippen molar-refractivity contribution >= 4 is 17.7 Å². The summed E-state index contributed by atoms with van der Waals surface area (Å²) in [4.78, 5) is 11.9. The maximum atomic E-state index is 11.9. The number of carbonyl (C=O) groups is 1. The lowest BCUT2D eigenvalue weighted by Gasteiger charge is -2.02. The van der Waals surface area contributed by atoms with Crippen LogP contribution in [-0.4, -0.2) is 17.3 Å². The molecule has 2 rings (SSSR count). The van der Waals surface area contributed by atoms with Crippen LogP contribution in [-0.2, 0) is 12.3 Å². The third kappa shape index (κ3) is 3.20. The Hall–Kier alpha value is -1.69. The number of rotatable bonds is 5. The molecule has 0 saturated heterocycles. The molecule has 2 aromatic heterocycles. The van der Waals surface area contributed by atoms with Crippen molar-refractivity contribution in [3.8, 4) is 0 Å². The summed E-state index contributed by atoms with van der Waals surface area (Å²) in [7, 11) is 0. The maximum absolute atomic E-state index is 11.9. The molecule has 0 aromatic carbocycles. The highest BCUT2D eigenvalue weighted by molar-refractivity contribution is 7.97. The zero-order valence-electron chi connectivity index (χ0n) is 11.1. The van der Waals surface area contributed by atoms with Crippen LogP contribution in [0.25, 0.3) is 0 Å². The molecule has 19 heavy (non-hydrogen) atoms. The molecule has 0 bridgehead atoms. The average molecular weight is 280 g/mol. The molecule has 0 fully saturated rings. The normalized spacial score (nSPS) is 10.7. The standard InChI is InChI=1S/C13H16N2O3S/c1-8-11(9(2)18-15-8)6-14-13(16)12-5-4-10(17-12)7-19-3/h4-5H,6-7H2,1-3H3,(H,14,16). The fourth-order valence-electron chi connectivity index (χ4n) is 1.73. The predicted molar refractivity (Wildman–Crippen MR) is 73.1 cm³/mol. The van der Waals surface area contributed by atoms with Crippen LogP contribution in [0.15, 0.2) is 21.1 Å². The molecule has 0 aliphatic carbocycles. The first kappa shape index (κ1) is 13.7. The minimum Gasteiger partial charge on any atom is -0.455 e. The van der Waals surface area contributed by atoms with Crippen molar-refractivity contribution < 1.29 is 13.7 Å². The van der Waals surface area contributed by atoms with Gasteiger partial charge in [-0.15, -0.1) is 0 Å². The van der Waals surface area contributed by atoms with E-state index in [1.54, 1.807) is 17.8 Å². The Morgan fingerprint density at radius 1 is 1.42 bits per heavy atom. The van der Waals surface area contributed by atoms with Crippen LogP contribution in [0.2, 0.25) is 0 Å². The zero-order valence-corrected chi connectivity index (χ0v) is 12.0. The first-order chi connectivity index (χ1) is 9.11. The second-order valence-corrected chi connectivity index (χ2v) is 5.05. The average Bonchev–Trinajstić information content (AvgIpc) is 2.96. The largest absolute Gasteiger partial charge is 0.455 e. The molecule has 0 spiro atoms. The Morgan fingerprint density at radius 3 is 2.84 bits per heavy atom. The summed E-state index contributed by atoms with van der Waals surface area (Å²) in [6.07, 6.45) is 1.99. The number of thioether (sulfide) groups is 1. The highest BCUT2D eigenvalue weighted by Gasteiger charge is 2.14. The van der Waals surface area contributed by atoms with E-state index in [1.165, 1.54) is 0 Å². The molecule has 0 radical (unpaired) electrons. The fraction of sp³-hybridized carbons (Fsp3) is 0.385. The quantitative estimate of drug-likeness (QED) is 0.912. The van der Waals surface area contributed by atoms with E-state index in [0.717, 1.165) is 28.5 Å². The van der Waals surface area contributed by atoms with E-state index >= 15 is 0 Å². The van der Waals surface area contributed by atoms with Crippen LogP contribution in [0.5, 0.6) is 0 Å². The third-order valence-corrected chi connectivity index (χ3v) is 3.35. The van der Waals surface area contributed by atoms with Crippen molar-refractivity contribution in [3.05, 3.63) is 40.7 Å². The number of nitrogens with zero attached hydrogens (tertiary/aromatic N) is 1. The number of aryl methyl sites for hydroxylation is 2. The van der Waals surface area contributed by atoms with Gasteiger partial charge in [-0.05, 0) is 32.2 Å². The van der Waals surface area contributed by atoms with Crippen LogP contribution in [0, 0.1) is 13.8 Å². The number of nitrogens with one attached hydrogen (secondary N) is 1. The number of hydrogen-bond donors (Lipinski definition) is 1. The van der Waals surface area contributed by atoms with Gasteiger partial charge in [0.25, 0.3) is 5.91 Å². The lowest BCUT2D eigenvalue weighted by molar-refractivity contribution is 0.0921. The summed E-state index contributed by atoms with van der Waals surface area (Å²) in [5.74, 6) is 2.38. The van der Waals surface area contributed by atoms with Gasteiger partial charge < -0.3 is 14.3 Å². The maximum Gasteiger partial charge on any atom is 0.287 e. The summed E-state index contributed by atoms with van der Waals surface area (Å²) in [5.41, 5.74) is 1.70. The van der Waals surface area contributed by atoms with Crippen LogP contribution in [0.3, 0.4) is 0 Å². The number of hydrogen-bond acceptors (Lipinski definition) is 5. The first-order valence-electron chi connectivity index (χ1n) is 5.89. The Morgan fingerprint density at radius 2 is 2.21 bits per heavy atom. The van der Waals surface area contributed by atoms with Gasteiger partial charge in [0.2, 0.25) is 0 Å². The number of amides is 1. The van der Waals surface area contributed by atoms with Gasteiger partial charge in [0.15, 0.2) is 5.76 Å². The predicted octanol–water partition coefficient (Wildman–Crippen LogP) is 2.68. The van der Waals surface area contributed by atoms with Crippen LogP contribution < -0.4 is 5.32 Å². The van der Waals surface area contributed by atoms with E-state index in [0.29, 0.717) is 12.3 Å². The Labute approximate surface area is 115 Å². The lowest BCUT2D eigenvalue weighted by atomic mass is 10.2. The smallest absolute Gasteiger partial charge is 0.287 e. The molecule has 2 aromatic rings. The summed E-state index contributed by atoms with van der Waals surface area (Å²) < 4.78 is 10.5. The van der Waals surface area contributed by atoms with E-state index < -0.39 is 0 Å². The van der Waals surface area contributed by atoms with Gasteiger partial charge >= 0.3 is 0 Å². The molecule has 0 saturated carbocycles. The number of furan rings is 1. The lowest BCUT2D eigenvalue weighted by Crippen LogP contribution is -2.22. The molecule has 0 aliphatic heterocycles. The highest BCUT2D eigenvalue weighted by atomic mass is 32.2.